The van der Waals surface area contributed by atoms with Crippen LogP contribution < -0.4 is 20.3 Å². The van der Waals surface area contributed by atoms with Gasteiger partial charge in [-0.3, -0.25) is 24.5 Å². The second-order valence-corrected chi connectivity index (χ2v) is 17.3. The van der Waals surface area contributed by atoms with Crippen LogP contribution >= 0.6 is 8.53 Å². The molecule has 1 aliphatic rings. The van der Waals surface area contributed by atoms with Gasteiger partial charge in [-0.15, -0.1) is 6.42 Å². The van der Waals surface area contributed by atoms with Crippen LogP contribution in [0.5, 0.6) is 11.5 Å². The van der Waals surface area contributed by atoms with Crippen LogP contribution in [-0.4, -0.2) is 94.5 Å². The topological polar surface area (TPSA) is 184 Å². The Morgan fingerprint density at radius 3 is 2.11 bits per heavy atom. The summed E-state index contributed by atoms with van der Waals surface area (Å²) in [6, 6.07) is 27.3. The number of fused-ring (bicyclic) bond motifs is 1. The summed E-state index contributed by atoms with van der Waals surface area (Å²) in [5.41, 5.74) is 0.738. The number of aromatic amines is 1. The summed E-state index contributed by atoms with van der Waals surface area (Å²) < 4.78 is 49.2. The molecule has 0 saturated carbocycles. The van der Waals surface area contributed by atoms with Crippen molar-refractivity contribution in [3.05, 3.63) is 112 Å². The Balaban J connectivity index is 1.53. The highest BCUT2D eigenvalue weighted by Gasteiger charge is 2.52. The number of benzene rings is 3. The molecular weight excluding hydrogens is 838 g/mol. The van der Waals surface area contributed by atoms with Crippen molar-refractivity contribution >= 4 is 31.5 Å². The highest BCUT2D eigenvalue weighted by atomic mass is 31.2. The van der Waals surface area contributed by atoms with E-state index in [1.807, 2.05) is 107 Å². The van der Waals surface area contributed by atoms with Gasteiger partial charge in [0.25, 0.3) is 14.1 Å². The number of hydrogen-bond acceptors (Lipinski definition) is 13. The van der Waals surface area contributed by atoms with Gasteiger partial charge in [0, 0.05) is 18.0 Å². The van der Waals surface area contributed by atoms with Crippen LogP contribution in [0.3, 0.4) is 0 Å². The van der Waals surface area contributed by atoms with E-state index in [1.165, 1.54) is 6.33 Å². The summed E-state index contributed by atoms with van der Waals surface area (Å²) in [4.78, 5) is 37.8. The fraction of sp³-hybridized carbons (Fsp3) is 0.426. The first kappa shape index (κ1) is 47.8. The Hall–Kier alpha value is -5.68. The lowest BCUT2D eigenvalue weighted by atomic mass is 9.80. The summed E-state index contributed by atoms with van der Waals surface area (Å²) >= 11 is 0. The van der Waals surface area contributed by atoms with E-state index < -0.39 is 44.2 Å². The van der Waals surface area contributed by atoms with Crippen LogP contribution in [0, 0.1) is 29.6 Å². The smallest absolute Gasteiger partial charge is 0.280 e. The number of terminal acetylenes is 1. The molecule has 1 aliphatic heterocycles. The fourth-order valence-electron chi connectivity index (χ4n) is 7.63. The Kier molecular flexibility index (Phi) is 16.3. The standard InChI is InChI=1S/C47H56N7O9P/c1-10-26-59-41-40(63-64(61-27-14-25-48)54(31(4)5)32(6)7)38(62-45(41)53-29-49-39-42(53)50-46(52-44(39)56)51-43(55)30(2)3)28-60-47(33-15-12-11-13-16-33,34-17-21-36(57-8)22-18-34)35-19-23-37(58-9)24-20-35/h1,11-13,15-24,29-32,38,40-41,45H,14,26-28H2,2-9H3,(H2,50,51,52,55,56)/t38-,40+,41?,45-,64?/m1/s1. The fourth-order valence-corrected chi connectivity index (χ4v) is 9.40. The van der Waals surface area contributed by atoms with Crippen LogP contribution in [0.1, 0.15) is 70.9 Å². The van der Waals surface area contributed by atoms with Crippen LogP contribution in [0.15, 0.2) is 90.0 Å². The van der Waals surface area contributed by atoms with Crippen molar-refractivity contribution in [3.8, 4) is 29.9 Å². The van der Waals surface area contributed by atoms with Gasteiger partial charge in [0.15, 0.2) is 17.4 Å². The number of aromatic nitrogens is 4. The van der Waals surface area contributed by atoms with Crippen LogP contribution in [0.25, 0.3) is 11.2 Å². The molecule has 16 nitrogen and oxygen atoms in total. The maximum absolute atomic E-state index is 13.4. The van der Waals surface area contributed by atoms with Crippen molar-refractivity contribution in [2.75, 3.05) is 39.4 Å². The zero-order valence-electron chi connectivity index (χ0n) is 37.4. The van der Waals surface area contributed by atoms with Crippen LogP contribution in [0.2, 0.25) is 0 Å². The van der Waals surface area contributed by atoms with Gasteiger partial charge in [0.1, 0.15) is 42.0 Å². The molecule has 1 saturated heterocycles. The van der Waals surface area contributed by atoms with Crippen LogP contribution in [-0.2, 0) is 33.7 Å². The lowest BCUT2D eigenvalue weighted by molar-refractivity contribution is -0.118. The van der Waals surface area contributed by atoms with E-state index in [9.17, 15) is 14.9 Å². The summed E-state index contributed by atoms with van der Waals surface area (Å²) in [5, 5.41) is 12.2. The van der Waals surface area contributed by atoms with Gasteiger partial charge in [-0.05, 0) is 68.7 Å². The maximum atomic E-state index is 13.4. The number of carbonyl (C=O) groups is 1. The van der Waals surface area contributed by atoms with E-state index in [1.54, 1.807) is 32.6 Å². The van der Waals surface area contributed by atoms with E-state index in [0.29, 0.717) is 11.5 Å². The molecule has 64 heavy (non-hydrogen) atoms. The Morgan fingerprint density at radius 2 is 1.56 bits per heavy atom. The minimum atomic E-state index is -1.87. The third-order valence-electron chi connectivity index (χ3n) is 10.6. The van der Waals surface area contributed by atoms with Gasteiger partial charge in [0.05, 0.1) is 46.3 Å². The third kappa shape index (κ3) is 10.5. The average Bonchev–Trinajstić information content (AvgIpc) is 3.87. The van der Waals surface area contributed by atoms with Crippen molar-refractivity contribution in [2.24, 2.45) is 5.92 Å². The highest BCUT2D eigenvalue weighted by Crippen LogP contribution is 2.51. The number of nitrogens with one attached hydrogen (secondary N) is 2. The predicted molar refractivity (Wildman–Crippen MR) is 242 cm³/mol. The van der Waals surface area contributed by atoms with Gasteiger partial charge in [-0.1, -0.05) is 74.4 Å². The summed E-state index contributed by atoms with van der Waals surface area (Å²) in [7, 11) is 1.36. The molecule has 2 N–H and O–H groups in total. The second-order valence-electron chi connectivity index (χ2n) is 15.9. The number of carbonyl (C=O) groups excluding carboxylic acids is 1. The number of hydrogen-bond donors (Lipinski definition) is 2. The number of imidazole rings is 1. The van der Waals surface area contributed by atoms with Gasteiger partial charge in [-0.2, -0.15) is 10.2 Å². The number of H-pyrrole nitrogens is 1. The quantitative estimate of drug-likeness (QED) is 0.0324. The maximum Gasteiger partial charge on any atom is 0.280 e. The largest absolute Gasteiger partial charge is 0.497 e. The number of nitrogens with zero attached hydrogens (tertiary/aromatic N) is 5. The van der Waals surface area contributed by atoms with Gasteiger partial charge in [0.2, 0.25) is 11.9 Å². The molecule has 5 aromatic rings. The summed E-state index contributed by atoms with van der Waals surface area (Å²) in [5.74, 6) is 3.13. The zero-order chi connectivity index (χ0) is 46.0. The monoisotopic (exact) mass is 893 g/mol. The van der Waals surface area contributed by atoms with E-state index in [2.05, 4.69) is 36.9 Å². The molecule has 3 heterocycles. The Morgan fingerprint density at radius 1 is 0.953 bits per heavy atom. The van der Waals surface area contributed by atoms with Gasteiger partial charge in [-0.25, -0.2) is 9.65 Å². The number of amides is 1. The summed E-state index contributed by atoms with van der Waals surface area (Å²) in [6.45, 7) is 11.5. The van der Waals surface area contributed by atoms with E-state index in [0.717, 1.165) is 16.7 Å². The minimum absolute atomic E-state index is 0.00833. The number of nitriles is 1. The molecule has 17 heteroatoms. The predicted octanol–water partition coefficient (Wildman–Crippen LogP) is 7.32. The van der Waals surface area contributed by atoms with Crippen molar-refractivity contribution in [1.29, 1.82) is 5.26 Å². The summed E-state index contributed by atoms with van der Waals surface area (Å²) in [6.07, 6.45) is 3.56. The molecule has 3 aromatic carbocycles. The number of ether oxygens (including phenoxy) is 5. The lowest BCUT2D eigenvalue weighted by Gasteiger charge is -2.39. The molecule has 6 rings (SSSR count). The second kappa shape index (κ2) is 21.8. The molecule has 5 atom stereocenters. The molecule has 0 bridgehead atoms. The molecule has 338 valence electrons. The third-order valence-corrected chi connectivity index (χ3v) is 12.8. The van der Waals surface area contributed by atoms with E-state index in [-0.39, 0.29) is 67.3 Å². The van der Waals surface area contributed by atoms with Crippen molar-refractivity contribution < 1.29 is 37.5 Å². The van der Waals surface area contributed by atoms with Crippen molar-refractivity contribution in [2.45, 2.75) is 90.2 Å². The molecule has 2 aromatic heterocycles. The number of methoxy groups -OCH3 is 2. The van der Waals surface area contributed by atoms with E-state index in [4.69, 9.17) is 39.2 Å². The van der Waals surface area contributed by atoms with Crippen LogP contribution in [0.4, 0.5) is 5.95 Å². The van der Waals surface area contributed by atoms with Crippen molar-refractivity contribution in [1.82, 2.24) is 24.2 Å². The first-order valence-corrected chi connectivity index (χ1v) is 22.2. The molecule has 0 spiro atoms. The van der Waals surface area contributed by atoms with Crippen molar-refractivity contribution in [3.63, 3.8) is 0 Å². The van der Waals surface area contributed by atoms with Gasteiger partial charge >= 0.3 is 0 Å². The molecule has 0 aliphatic carbocycles. The lowest BCUT2D eigenvalue weighted by Crippen LogP contribution is -2.43. The molecule has 1 fully saturated rings. The molecule has 2 unspecified atom stereocenters. The highest BCUT2D eigenvalue weighted by molar-refractivity contribution is 7.44. The molecule has 1 amide bonds. The van der Waals surface area contributed by atoms with E-state index >= 15 is 0 Å². The first-order chi connectivity index (χ1) is 30.9. The SMILES string of the molecule is C#CCOC1[C@@H](OP(OCCC#N)N(C(C)C)C(C)C)[C@@H](COC(c2ccccc2)(c2ccc(OC)cc2)c2ccc(OC)cc2)O[C@H]1n1cnc2c(=O)[nH]c(NC(=O)C(C)C)nc21. The average molecular weight is 894 g/mol. The Labute approximate surface area is 375 Å². The first-order valence-electron chi connectivity index (χ1n) is 21.1. The minimum Gasteiger partial charge on any atom is -0.497 e. The number of rotatable bonds is 21. The Bertz CT molecular complexity index is 2390. The normalized spacial score (nSPS) is 18.1. The number of anilines is 1. The molecular formula is C47H56N7O9P. The molecule has 0 radical (unpaired) electrons. The zero-order valence-corrected chi connectivity index (χ0v) is 38.3. The van der Waals surface area contributed by atoms with Gasteiger partial charge < -0.3 is 32.7 Å².